The van der Waals surface area contributed by atoms with Crippen LogP contribution in [0.15, 0.2) is 30.5 Å². The maximum Gasteiger partial charge on any atom is 0.289 e. The molecule has 0 saturated heterocycles. The molecule has 3 nitrogen and oxygen atoms in total. The zero-order valence-electron chi connectivity index (χ0n) is 8.45. The summed E-state index contributed by atoms with van der Waals surface area (Å²) in [7, 11) is 0. The summed E-state index contributed by atoms with van der Waals surface area (Å²) in [6.45, 7) is -1.26. The van der Waals surface area contributed by atoms with E-state index in [1.165, 1.54) is 6.20 Å². The van der Waals surface area contributed by atoms with Crippen molar-refractivity contribution in [3.8, 4) is 0 Å². The van der Waals surface area contributed by atoms with Crippen molar-refractivity contribution in [1.29, 1.82) is 0 Å². The van der Waals surface area contributed by atoms with Crippen LogP contribution in [0, 0.1) is 0 Å². The van der Waals surface area contributed by atoms with Crippen LogP contribution in [0.5, 0.6) is 0 Å². The van der Waals surface area contributed by atoms with Crippen LogP contribution >= 0.6 is 0 Å². The van der Waals surface area contributed by atoms with Gasteiger partial charge in [0, 0.05) is 22.7 Å². The maximum absolute atomic E-state index is 13.2. The SMILES string of the molecule is N[C@@H](c1c[nH]c2ccccc12)C(F)(F)CO. The lowest BCUT2D eigenvalue weighted by atomic mass is 10.0. The van der Waals surface area contributed by atoms with Gasteiger partial charge in [0.25, 0.3) is 5.92 Å². The van der Waals surface area contributed by atoms with Crippen molar-refractivity contribution in [2.24, 2.45) is 5.73 Å². The van der Waals surface area contributed by atoms with Gasteiger partial charge >= 0.3 is 0 Å². The number of aliphatic hydroxyl groups is 1. The average Bonchev–Trinajstić information content (AvgIpc) is 2.71. The van der Waals surface area contributed by atoms with E-state index in [1.54, 1.807) is 24.3 Å². The lowest BCUT2D eigenvalue weighted by Gasteiger charge is -2.20. The largest absolute Gasteiger partial charge is 0.390 e. The first-order chi connectivity index (χ1) is 7.56. The van der Waals surface area contributed by atoms with E-state index in [9.17, 15) is 8.78 Å². The first-order valence-electron chi connectivity index (χ1n) is 4.86. The number of para-hydroxylation sites is 1. The number of fused-ring (bicyclic) bond motifs is 1. The number of nitrogens with two attached hydrogens (primary N) is 1. The number of hydrogen-bond acceptors (Lipinski definition) is 2. The van der Waals surface area contributed by atoms with E-state index in [4.69, 9.17) is 10.8 Å². The molecule has 4 N–H and O–H groups in total. The van der Waals surface area contributed by atoms with Crippen LogP contribution in [0.3, 0.4) is 0 Å². The minimum atomic E-state index is -3.31. The molecule has 5 heteroatoms. The zero-order chi connectivity index (χ0) is 11.8. The third-order valence-corrected chi connectivity index (χ3v) is 2.62. The van der Waals surface area contributed by atoms with Gasteiger partial charge in [-0.1, -0.05) is 18.2 Å². The Kier molecular flexibility index (Phi) is 2.65. The molecular formula is C11H12F2N2O. The van der Waals surface area contributed by atoms with E-state index < -0.39 is 18.6 Å². The molecule has 0 aliphatic heterocycles. The number of aliphatic hydroxyl groups excluding tert-OH is 1. The number of halogens is 2. The molecule has 1 heterocycles. The molecule has 0 aliphatic rings. The summed E-state index contributed by atoms with van der Waals surface area (Å²) in [5, 5.41) is 9.25. The van der Waals surface area contributed by atoms with Crippen LogP contribution in [0.2, 0.25) is 0 Å². The molecule has 1 aromatic carbocycles. The number of alkyl halides is 2. The highest BCUT2D eigenvalue weighted by Gasteiger charge is 2.38. The number of benzene rings is 1. The highest BCUT2D eigenvalue weighted by Crippen LogP contribution is 2.32. The average molecular weight is 226 g/mol. The van der Waals surface area contributed by atoms with Gasteiger partial charge in [0.1, 0.15) is 6.61 Å². The Bertz CT molecular complexity index is 495. The molecule has 0 radical (unpaired) electrons. The van der Waals surface area contributed by atoms with Crippen LogP contribution in [-0.2, 0) is 0 Å². The fourth-order valence-electron chi connectivity index (χ4n) is 1.68. The van der Waals surface area contributed by atoms with Crippen molar-refractivity contribution in [2.75, 3.05) is 6.61 Å². The number of nitrogens with one attached hydrogen (secondary N) is 1. The molecule has 0 bridgehead atoms. The fourth-order valence-corrected chi connectivity index (χ4v) is 1.68. The summed E-state index contributed by atoms with van der Waals surface area (Å²) in [6.07, 6.45) is 1.46. The van der Waals surface area contributed by atoms with Crippen molar-refractivity contribution >= 4 is 10.9 Å². The zero-order valence-corrected chi connectivity index (χ0v) is 8.45. The Balaban J connectivity index is 2.48. The third-order valence-electron chi connectivity index (χ3n) is 2.62. The molecule has 0 spiro atoms. The van der Waals surface area contributed by atoms with E-state index in [0.29, 0.717) is 10.9 Å². The van der Waals surface area contributed by atoms with Gasteiger partial charge in [0.15, 0.2) is 0 Å². The maximum atomic E-state index is 13.2. The molecule has 2 aromatic rings. The summed E-state index contributed by atoms with van der Waals surface area (Å²) < 4.78 is 26.5. The van der Waals surface area contributed by atoms with Gasteiger partial charge in [-0.25, -0.2) is 8.78 Å². The summed E-state index contributed by atoms with van der Waals surface area (Å²) in [5.74, 6) is -3.31. The second-order valence-electron chi connectivity index (χ2n) is 3.69. The molecule has 0 aliphatic carbocycles. The number of aromatic nitrogens is 1. The molecule has 0 unspecified atom stereocenters. The Hall–Kier alpha value is -1.46. The predicted octanol–water partition coefficient (Wildman–Crippen LogP) is 1.80. The second kappa shape index (κ2) is 3.84. The molecule has 0 amide bonds. The Morgan fingerprint density at radius 3 is 2.75 bits per heavy atom. The van der Waals surface area contributed by atoms with Crippen molar-refractivity contribution in [3.63, 3.8) is 0 Å². The summed E-state index contributed by atoms with van der Waals surface area (Å²) in [4.78, 5) is 2.87. The lowest BCUT2D eigenvalue weighted by Crippen LogP contribution is -2.36. The van der Waals surface area contributed by atoms with Crippen LogP contribution in [0.25, 0.3) is 10.9 Å². The van der Waals surface area contributed by atoms with Crippen LogP contribution < -0.4 is 5.73 Å². The van der Waals surface area contributed by atoms with Gasteiger partial charge in [-0.15, -0.1) is 0 Å². The van der Waals surface area contributed by atoms with Gasteiger partial charge < -0.3 is 15.8 Å². The van der Waals surface area contributed by atoms with E-state index in [2.05, 4.69) is 4.98 Å². The summed E-state index contributed by atoms with van der Waals surface area (Å²) >= 11 is 0. The van der Waals surface area contributed by atoms with Crippen LogP contribution in [-0.4, -0.2) is 22.6 Å². The van der Waals surface area contributed by atoms with E-state index in [0.717, 1.165) is 5.52 Å². The van der Waals surface area contributed by atoms with E-state index in [-0.39, 0.29) is 0 Å². The Labute approximate surface area is 90.9 Å². The van der Waals surface area contributed by atoms with Crippen molar-refractivity contribution in [3.05, 3.63) is 36.0 Å². The highest BCUT2D eigenvalue weighted by atomic mass is 19.3. The first-order valence-corrected chi connectivity index (χ1v) is 4.86. The minimum absolute atomic E-state index is 0.314. The first kappa shape index (κ1) is 11.0. The molecule has 1 aromatic heterocycles. The molecule has 0 saturated carbocycles. The molecule has 16 heavy (non-hydrogen) atoms. The minimum Gasteiger partial charge on any atom is -0.390 e. The van der Waals surface area contributed by atoms with Gasteiger partial charge in [-0.2, -0.15) is 0 Å². The van der Waals surface area contributed by atoms with Gasteiger partial charge in [0.05, 0.1) is 6.04 Å². The van der Waals surface area contributed by atoms with Gasteiger partial charge in [0.2, 0.25) is 0 Å². The molecule has 0 fully saturated rings. The van der Waals surface area contributed by atoms with Crippen molar-refractivity contribution in [2.45, 2.75) is 12.0 Å². The van der Waals surface area contributed by atoms with Crippen LogP contribution in [0.1, 0.15) is 11.6 Å². The molecule has 2 rings (SSSR count). The number of hydrogen-bond donors (Lipinski definition) is 3. The van der Waals surface area contributed by atoms with E-state index in [1.807, 2.05) is 0 Å². The molecule has 86 valence electrons. The smallest absolute Gasteiger partial charge is 0.289 e. The third kappa shape index (κ3) is 1.68. The summed E-state index contributed by atoms with van der Waals surface area (Å²) in [5.41, 5.74) is 6.53. The molecular weight excluding hydrogens is 214 g/mol. The lowest BCUT2D eigenvalue weighted by molar-refractivity contribution is -0.0708. The topological polar surface area (TPSA) is 62.0 Å². The van der Waals surface area contributed by atoms with E-state index >= 15 is 0 Å². The number of aromatic amines is 1. The highest BCUT2D eigenvalue weighted by molar-refractivity contribution is 5.83. The Morgan fingerprint density at radius 2 is 2.06 bits per heavy atom. The van der Waals surface area contributed by atoms with Gasteiger partial charge in [-0.05, 0) is 6.07 Å². The van der Waals surface area contributed by atoms with Gasteiger partial charge in [-0.3, -0.25) is 0 Å². The standard InChI is InChI=1S/C11H12F2N2O/c12-11(13,6-16)10(14)8-5-15-9-4-2-1-3-7(8)9/h1-5,10,15-16H,6,14H2/t10-/m0/s1. The predicted molar refractivity (Wildman–Crippen MR) is 57.3 cm³/mol. The monoisotopic (exact) mass is 226 g/mol. The van der Waals surface area contributed by atoms with Crippen molar-refractivity contribution in [1.82, 2.24) is 4.98 Å². The number of rotatable bonds is 3. The molecule has 1 atom stereocenters. The fraction of sp³-hybridized carbons (Fsp3) is 0.273. The Morgan fingerprint density at radius 1 is 1.38 bits per heavy atom. The quantitative estimate of drug-likeness (QED) is 0.747. The van der Waals surface area contributed by atoms with Crippen molar-refractivity contribution < 1.29 is 13.9 Å². The second-order valence-corrected chi connectivity index (χ2v) is 3.69. The summed E-state index contributed by atoms with van der Waals surface area (Å²) in [6, 6.07) is 5.55. The number of H-pyrrole nitrogens is 1. The normalized spacial score (nSPS) is 14.2. The van der Waals surface area contributed by atoms with Crippen LogP contribution in [0.4, 0.5) is 8.78 Å².